The molecular weight excluding hydrogens is 306 g/mol. The number of anilines is 1. The molecule has 0 spiro atoms. The van der Waals surface area contributed by atoms with E-state index in [4.69, 9.17) is 0 Å². The van der Waals surface area contributed by atoms with E-state index >= 15 is 0 Å². The molecule has 0 amide bonds. The Hall–Kier alpha value is -2.08. The molecule has 3 rings (SSSR count). The zero-order valence-electron chi connectivity index (χ0n) is 10.0. The first-order valence-electron chi connectivity index (χ1n) is 5.84. The lowest BCUT2D eigenvalue weighted by Gasteiger charge is -2.03. The summed E-state index contributed by atoms with van der Waals surface area (Å²) in [6.45, 7) is 0.647. The SMILES string of the molecule is Brc1ccccc1-n1cc(NCc2ncc[nH]2)cn1. The van der Waals surface area contributed by atoms with Crippen LogP contribution in [-0.4, -0.2) is 19.7 Å². The fourth-order valence-electron chi connectivity index (χ4n) is 1.76. The Morgan fingerprint density at radius 1 is 1.32 bits per heavy atom. The van der Waals surface area contributed by atoms with Crippen LogP contribution in [0.1, 0.15) is 5.82 Å². The van der Waals surface area contributed by atoms with Crippen LogP contribution in [0.3, 0.4) is 0 Å². The third kappa shape index (κ3) is 2.68. The van der Waals surface area contributed by atoms with Crippen molar-refractivity contribution in [3.8, 4) is 5.69 Å². The van der Waals surface area contributed by atoms with E-state index in [1.165, 1.54) is 0 Å². The predicted octanol–water partition coefficient (Wildman–Crippen LogP) is 2.97. The number of halogens is 1. The average molecular weight is 318 g/mol. The van der Waals surface area contributed by atoms with Crippen molar-refractivity contribution in [1.82, 2.24) is 19.7 Å². The van der Waals surface area contributed by atoms with Gasteiger partial charge in [-0.2, -0.15) is 5.10 Å². The lowest BCUT2D eigenvalue weighted by atomic mass is 10.3. The second-order valence-electron chi connectivity index (χ2n) is 4.01. The molecule has 0 saturated heterocycles. The van der Waals surface area contributed by atoms with Gasteiger partial charge in [0.05, 0.1) is 30.3 Å². The van der Waals surface area contributed by atoms with E-state index in [0.717, 1.165) is 21.7 Å². The van der Waals surface area contributed by atoms with Gasteiger partial charge in [0, 0.05) is 16.9 Å². The van der Waals surface area contributed by atoms with Crippen LogP contribution in [0.5, 0.6) is 0 Å². The molecule has 0 unspecified atom stereocenters. The van der Waals surface area contributed by atoms with Gasteiger partial charge in [0.15, 0.2) is 0 Å². The monoisotopic (exact) mass is 317 g/mol. The maximum atomic E-state index is 4.34. The summed E-state index contributed by atoms with van der Waals surface area (Å²) in [5.41, 5.74) is 1.96. The van der Waals surface area contributed by atoms with Crippen molar-refractivity contribution in [2.24, 2.45) is 0 Å². The summed E-state index contributed by atoms with van der Waals surface area (Å²) in [6.07, 6.45) is 7.29. The lowest BCUT2D eigenvalue weighted by Crippen LogP contribution is -2.00. The number of aromatic nitrogens is 4. The molecule has 96 valence electrons. The minimum Gasteiger partial charge on any atom is -0.375 e. The van der Waals surface area contributed by atoms with Gasteiger partial charge < -0.3 is 10.3 Å². The van der Waals surface area contributed by atoms with Crippen molar-refractivity contribution in [2.75, 3.05) is 5.32 Å². The molecular formula is C13H12BrN5. The van der Waals surface area contributed by atoms with E-state index < -0.39 is 0 Å². The summed E-state index contributed by atoms with van der Waals surface area (Å²) < 4.78 is 2.84. The van der Waals surface area contributed by atoms with Crippen LogP contribution >= 0.6 is 15.9 Å². The van der Waals surface area contributed by atoms with Crippen molar-refractivity contribution < 1.29 is 0 Å². The molecule has 2 aromatic heterocycles. The van der Waals surface area contributed by atoms with Gasteiger partial charge in [-0.15, -0.1) is 0 Å². The maximum absolute atomic E-state index is 4.34. The molecule has 0 aliphatic rings. The van der Waals surface area contributed by atoms with Gasteiger partial charge in [-0.25, -0.2) is 9.67 Å². The van der Waals surface area contributed by atoms with E-state index in [1.54, 1.807) is 12.4 Å². The van der Waals surface area contributed by atoms with Crippen LogP contribution in [-0.2, 0) is 6.54 Å². The predicted molar refractivity (Wildman–Crippen MR) is 77.2 cm³/mol. The Kier molecular flexibility index (Phi) is 3.33. The van der Waals surface area contributed by atoms with Crippen molar-refractivity contribution in [3.63, 3.8) is 0 Å². The van der Waals surface area contributed by atoms with E-state index in [2.05, 4.69) is 36.3 Å². The molecule has 0 radical (unpaired) electrons. The highest BCUT2D eigenvalue weighted by atomic mass is 79.9. The molecule has 2 heterocycles. The summed E-state index contributed by atoms with van der Waals surface area (Å²) in [6, 6.07) is 7.96. The lowest BCUT2D eigenvalue weighted by molar-refractivity contribution is 0.876. The van der Waals surface area contributed by atoms with Gasteiger partial charge in [-0.1, -0.05) is 12.1 Å². The van der Waals surface area contributed by atoms with E-state index in [9.17, 15) is 0 Å². The van der Waals surface area contributed by atoms with Gasteiger partial charge in [0.1, 0.15) is 5.82 Å². The minimum atomic E-state index is 0.647. The molecule has 0 bridgehead atoms. The molecule has 2 N–H and O–H groups in total. The van der Waals surface area contributed by atoms with Crippen molar-refractivity contribution in [1.29, 1.82) is 0 Å². The summed E-state index contributed by atoms with van der Waals surface area (Å²) in [5, 5.41) is 7.61. The Morgan fingerprint density at radius 2 is 2.21 bits per heavy atom. The number of H-pyrrole nitrogens is 1. The Balaban J connectivity index is 1.75. The standard InChI is InChI=1S/C13H12BrN5/c14-11-3-1-2-4-12(11)19-9-10(7-18-19)17-8-13-15-5-6-16-13/h1-7,9,17H,8H2,(H,15,16). The van der Waals surface area contributed by atoms with Crippen molar-refractivity contribution in [2.45, 2.75) is 6.54 Å². The quantitative estimate of drug-likeness (QED) is 0.777. The van der Waals surface area contributed by atoms with Gasteiger partial charge in [0.25, 0.3) is 0 Å². The third-order valence-electron chi connectivity index (χ3n) is 2.70. The summed E-state index contributed by atoms with van der Waals surface area (Å²) in [5.74, 6) is 0.897. The number of hydrogen-bond donors (Lipinski definition) is 2. The fraction of sp³-hybridized carbons (Fsp3) is 0.0769. The number of nitrogens with one attached hydrogen (secondary N) is 2. The van der Waals surface area contributed by atoms with Gasteiger partial charge in [-0.05, 0) is 28.1 Å². The first-order chi connectivity index (χ1) is 9.33. The number of imidazole rings is 1. The van der Waals surface area contributed by atoms with Gasteiger partial charge >= 0.3 is 0 Å². The zero-order chi connectivity index (χ0) is 13.1. The van der Waals surface area contributed by atoms with E-state index in [-0.39, 0.29) is 0 Å². The number of nitrogens with zero attached hydrogens (tertiary/aromatic N) is 3. The number of hydrogen-bond acceptors (Lipinski definition) is 3. The first kappa shape index (κ1) is 12.0. The van der Waals surface area contributed by atoms with Crippen LogP contribution in [0.25, 0.3) is 5.69 Å². The molecule has 0 fully saturated rings. The summed E-state index contributed by atoms with van der Waals surface area (Å²) >= 11 is 3.52. The van der Waals surface area contributed by atoms with Crippen LogP contribution in [0.15, 0.2) is 53.5 Å². The summed E-state index contributed by atoms with van der Waals surface area (Å²) in [4.78, 5) is 7.20. The van der Waals surface area contributed by atoms with Gasteiger partial charge in [-0.3, -0.25) is 0 Å². The molecule has 0 aliphatic carbocycles. The number of para-hydroxylation sites is 1. The van der Waals surface area contributed by atoms with Crippen LogP contribution in [0.4, 0.5) is 5.69 Å². The number of aromatic amines is 1. The van der Waals surface area contributed by atoms with Crippen molar-refractivity contribution in [3.05, 3.63) is 59.3 Å². The Bertz CT molecular complexity index is 659. The molecule has 0 atom stereocenters. The zero-order valence-corrected chi connectivity index (χ0v) is 11.6. The summed E-state index contributed by atoms with van der Waals surface area (Å²) in [7, 11) is 0. The minimum absolute atomic E-state index is 0.647. The number of rotatable bonds is 4. The number of benzene rings is 1. The molecule has 19 heavy (non-hydrogen) atoms. The topological polar surface area (TPSA) is 58.5 Å². The highest BCUT2D eigenvalue weighted by Crippen LogP contribution is 2.21. The fourth-order valence-corrected chi connectivity index (χ4v) is 2.23. The molecule has 6 heteroatoms. The van der Waals surface area contributed by atoms with E-state index in [0.29, 0.717) is 6.54 Å². The van der Waals surface area contributed by atoms with Crippen LogP contribution < -0.4 is 5.32 Å². The average Bonchev–Trinajstić information content (AvgIpc) is 3.08. The molecule has 5 nitrogen and oxygen atoms in total. The van der Waals surface area contributed by atoms with E-state index in [1.807, 2.05) is 41.3 Å². The molecule has 0 saturated carbocycles. The maximum Gasteiger partial charge on any atom is 0.125 e. The van der Waals surface area contributed by atoms with Crippen LogP contribution in [0.2, 0.25) is 0 Å². The highest BCUT2D eigenvalue weighted by molar-refractivity contribution is 9.10. The normalized spacial score (nSPS) is 10.6. The Morgan fingerprint density at radius 3 is 3.00 bits per heavy atom. The smallest absolute Gasteiger partial charge is 0.125 e. The molecule has 1 aromatic carbocycles. The first-order valence-corrected chi connectivity index (χ1v) is 6.64. The second kappa shape index (κ2) is 5.27. The molecule has 3 aromatic rings. The second-order valence-corrected chi connectivity index (χ2v) is 4.87. The van der Waals surface area contributed by atoms with Crippen molar-refractivity contribution >= 4 is 21.6 Å². The Labute approximate surface area is 118 Å². The highest BCUT2D eigenvalue weighted by Gasteiger charge is 2.04. The third-order valence-corrected chi connectivity index (χ3v) is 3.37. The van der Waals surface area contributed by atoms with Gasteiger partial charge in [0.2, 0.25) is 0 Å². The molecule has 0 aliphatic heterocycles. The largest absolute Gasteiger partial charge is 0.375 e. The van der Waals surface area contributed by atoms with Crippen LogP contribution in [0, 0.1) is 0 Å².